The highest BCUT2D eigenvalue weighted by atomic mass is 19.1. The van der Waals surface area contributed by atoms with E-state index >= 15 is 0 Å². The molecule has 0 saturated carbocycles. The first-order valence-electron chi connectivity index (χ1n) is 6.94. The number of hydrogen-bond acceptors (Lipinski definition) is 3. The van der Waals surface area contributed by atoms with Gasteiger partial charge in [-0.25, -0.2) is 4.98 Å². The molecule has 0 aliphatic heterocycles. The summed E-state index contributed by atoms with van der Waals surface area (Å²) in [6, 6.07) is 13.2. The molecule has 4 heteroatoms. The Balaban J connectivity index is 1.73. The lowest BCUT2D eigenvalue weighted by Crippen LogP contribution is -1.95. The quantitative estimate of drug-likeness (QED) is 0.558. The summed E-state index contributed by atoms with van der Waals surface area (Å²) in [5.41, 5.74) is 1.29. The Morgan fingerprint density at radius 2 is 1.91 bits per heavy atom. The van der Waals surface area contributed by atoms with Crippen LogP contribution in [0.25, 0.3) is 23.1 Å². The molecule has 0 aliphatic rings. The second-order valence-corrected chi connectivity index (χ2v) is 4.73. The van der Waals surface area contributed by atoms with Gasteiger partial charge in [0.15, 0.2) is 0 Å². The van der Waals surface area contributed by atoms with Crippen molar-refractivity contribution in [2.24, 2.45) is 0 Å². The van der Waals surface area contributed by atoms with E-state index in [4.69, 9.17) is 4.42 Å². The van der Waals surface area contributed by atoms with Crippen LogP contribution >= 0.6 is 0 Å². The zero-order chi connectivity index (χ0) is 15.4. The molecular formula is C18H15FN2O. The Bertz CT molecular complexity index is 816. The molecule has 0 fully saturated rings. The topological polar surface area (TPSA) is 38.1 Å². The molecule has 110 valence electrons. The molecule has 22 heavy (non-hydrogen) atoms. The van der Waals surface area contributed by atoms with Gasteiger partial charge in [-0.3, -0.25) is 0 Å². The third-order valence-electron chi connectivity index (χ3n) is 3.23. The third-order valence-corrected chi connectivity index (χ3v) is 3.23. The van der Waals surface area contributed by atoms with Crippen molar-refractivity contribution in [3.63, 3.8) is 0 Å². The fraction of sp³-hybridized carbons (Fsp3) is 0.0556. The molecule has 0 radical (unpaired) electrons. The van der Waals surface area contributed by atoms with Gasteiger partial charge in [-0.15, -0.1) is 0 Å². The smallest absolute Gasteiger partial charge is 0.222 e. The maximum absolute atomic E-state index is 13.7. The van der Waals surface area contributed by atoms with Crippen LogP contribution in [0.2, 0.25) is 0 Å². The molecule has 0 aliphatic carbocycles. The number of pyridine rings is 1. The van der Waals surface area contributed by atoms with Gasteiger partial charge in [0.05, 0.1) is 0 Å². The highest BCUT2D eigenvalue weighted by Crippen LogP contribution is 2.19. The minimum absolute atomic E-state index is 0.438. The number of fused-ring (bicyclic) bond motifs is 1. The zero-order valence-electron chi connectivity index (χ0n) is 12.1. The average molecular weight is 294 g/mol. The molecule has 3 nitrogen and oxygen atoms in total. The Kier molecular flexibility index (Phi) is 4.01. The van der Waals surface area contributed by atoms with Crippen LogP contribution in [-0.4, -0.2) is 12.0 Å². The molecule has 0 bridgehead atoms. The van der Waals surface area contributed by atoms with Crippen molar-refractivity contribution in [2.75, 3.05) is 12.4 Å². The van der Waals surface area contributed by atoms with E-state index in [2.05, 4.69) is 10.3 Å². The normalized spacial score (nSPS) is 11.7. The second-order valence-electron chi connectivity index (χ2n) is 4.73. The van der Waals surface area contributed by atoms with Gasteiger partial charge in [-0.2, -0.15) is 4.39 Å². The van der Waals surface area contributed by atoms with Gasteiger partial charge in [0, 0.05) is 18.0 Å². The van der Waals surface area contributed by atoms with Gasteiger partial charge in [-0.05, 0) is 30.3 Å². The first-order chi connectivity index (χ1) is 10.8. The zero-order valence-corrected chi connectivity index (χ0v) is 12.1. The molecule has 0 unspecified atom stereocenters. The van der Waals surface area contributed by atoms with Crippen LogP contribution in [0, 0.1) is 5.95 Å². The largest absolute Gasteiger partial charge is 0.457 e. The number of allylic oxidation sites excluding steroid dienone is 2. The first kappa shape index (κ1) is 14.1. The van der Waals surface area contributed by atoms with E-state index in [-0.39, 0.29) is 0 Å². The van der Waals surface area contributed by atoms with E-state index < -0.39 is 5.95 Å². The maximum Gasteiger partial charge on any atom is 0.222 e. The van der Waals surface area contributed by atoms with Gasteiger partial charge in [0.25, 0.3) is 0 Å². The van der Waals surface area contributed by atoms with E-state index in [9.17, 15) is 4.39 Å². The molecule has 2 heterocycles. The molecule has 0 amide bonds. The molecule has 3 rings (SSSR count). The van der Waals surface area contributed by atoms with E-state index in [0.717, 1.165) is 16.7 Å². The fourth-order valence-corrected chi connectivity index (χ4v) is 2.10. The highest BCUT2D eigenvalue weighted by molar-refractivity contribution is 5.79. The summed E-state index contributed by atoms with van der Waals surface area (Å²) in [5.74, 6) is 0.766. The summed E-state index contributed by atoms with van der Waals surface area (Å²) >= 11 is 0. The Morgan fingerprint density at radius 1 is 1.09 bits per heavy atom. The number of benzene rings is 1. The number of anilines is 1. The minimum atomic E-state index is -0.500. The summed E-state index contributed by atoms with van der Waals surface area (Å²) in [6.07, 6.45) is 7.07. The maximum atomic E-state index is 13.7. The number of hydrogen-bond donors (Lipinski definition) is 1. The van der Waals surface area contributed by atoms with Crippen molar-refractivity contribution in [3.05, 3.63) is 71.9 Å². The SMILES string of the molecule is CNc1ccc(C=CC=Cc2cc3ccccc3o2)c(F)n1. The Labute approximate surface area is 127 Å². The molecule has 1 N–H and O–H groups in total. The third kappa shape index (κ3) is 3.06. The Morgan fingerprint density at radius 3 is 2.68 bits per heavy atom. The monoisotopic (exact) mass is 294 g/mol. The van der Waals surface area contributed by atoms with E-state index in [1.54, 1.807) is 31.3 Å². The number of nitrogens with zero attached hydrogens (tertiary/aromatic N) is 1. The molecular weight excluding hydrogens is 279 g/mol. The van der Waals surface area contributed by atoms with Gasteiger partial charge in [-0.1, -0.05) is 36.4 Å². The van der Waals surface area contributed by atoms with Crippen molar-refractivity contribution in [1.82, 2.24) is 4.98 Å². The average Bonchev–Trinajstić information content (AvgIpc) is 2.95. The van der Waals surface area contributed by atoms with Crippen LogP contribution in [-0.2, 0) is 0 Å². The molecule has 2 aromatic heterocycles. The van der Waals surface area contributed by atoms with Crippen LogP contribution in [0.5, 0.6) is 0 Å². The fourth-order valence-electron chi connectivity index (χ4n) is 2.10. The van der Waals surface area contributed by atoms with Gasteiger partial charge >= 0.3 is 0 Å². The lowest BCUT2D eigenvalue weighted by molar-refractivity contribution is 0.582. The lowest BCUT2D eigenvalue weighted by Gasteiger charge is -2.00. The molecule has 1 aromatic carbocycles. The van der Waals surface area contributed by atoms with Crippen LogP contribution in [0.15, 0.2) is 59.0 Å². The minimum Gasteiger partial charge on any atom is -0.457 e. The van der Waals surface area contributed by atoms with Crippen molar-refractivity contribution < 1.29 is 8.81 Å². The van der Waals surface area contributed by atoms with Crippen LogP contribution in [0.3, 0.4) is 0 Å². The van der Waals surface area contributed by atoms with Crippen molar-refractivity contribution in [2.45, 2.75) is 0 Å². The summed E-state index contributed by atoms with van der Waals surface area (Å²) in [5, 5.41) is 3.85. The van der Waals surface area contributed by atoms with E-state index in [1.165, 1.54) is 0 Å². The van der Waals surface area contributed by atoms with E-state index in [0.29, 0.717) is 11.4 Å². The number of para-hydroxylation sites is 1. The molecule has 0 atom stereocenters. The van der Waals surface area contributed by atoms with Crippen molar-refractivity contribution in [3.8, 4) is 0 Å². The number of halogens is 1. The van der Waals surface area contributed by atoms with Crippen LogP contribution in [0.1, 0.15) is 11.3 Å². The summed E-state index contributed by atoms with van der Waals surface area (Å²) in [6.45, 7) is 0. The highest BCUT2D eigenvalue weighted by Gasteiger charge is 2.01. The first-order valence-corrected chi connectivity index (χ1v) is 6.94. The number of nitrogens with one attached hydrogen (secondary N) is 1. The molecule has 3 aromatic rings. The lowest BCUT2D eigenvalue weighted by atomic mass is 10.2. The summed E-state index contributed by atoms with van der Waals surface area (Å²) in [4.78, 5) is 3.79. The molecule has 0 spiro atoms. The second kappa shape index (κ2) is 6.26. The van der Waals surface area contributed by atoms with Gasteiger partial charge < -0.3 is 9.73 Å². The van der Waals surface area contributed by atoms with Crippen molar-refractivity contribution in [1.29, 1.82) is 0 Å². The number of rotatable bonds is 4. The standard InChI is InChI=1S/C18H15FN2O/c1-20-17-11-10-13(18(19)21-17)6-2-4-8-15-12-14-7-3-5-9-16(14)22-15/h2-12H,1H3,(H,20,21). The van der Waals surface area contributed by atoms with E-state index in [1.807, 2.05) is 42.5 Å². The van der Waals surface area contributed by atoms with Crippen LogP contribution in [0.4, 0.5) is 10.2 Å². The number of aromatic nitrogens is 1. The van der Waals surface area contributed by atoms with Gasteiger partial charge in [0.1, 0.15) is 17.2 Å². The van der Waals surface area contributed by atoms with Gasteiger partial charge in [0.2, 0.25) is 5.95 Å². The predicted molar refractivity (Wildman–Crippen MR) is 88.0 cm³/mol. The summed E-state index contributed by atoms with van der Waals surface area (Å²) < 4.78 is 19.3. The summed E-state index contributed by atoms with van der Waals surface area (Å²) in [7, 11) is 1.70. The van der Waals surface area contributed by atoms with Crippen LogP contribution < -0.4 is 5.32 Å². The molecule has 0 saturated heterocycles. The Hall–Kier alpha value is -2.88. The number of furan rings is 1. The van der Waals surface area contributed by atoms with Crippen molar-refractivity contribution >= 4 is 28.9 Å². The predicted octanol–water partition coefficient (Wildman–Crippen LogP) is 4.74.